The van der Waals surface area contributed by atoms with Crippen molar-refractivity contribution in [3.05, 3.63) is 63.6 Å². The van der Waals surface area contributed by atoms with Gasteiger partial charge in [0.15, 0.2) is 0 Å². The molecule has 0 radical (unpaired) electrons. The Morgan fingerprint density at radius 2 is 1.56 bits per heavy atom. The van der Waals surface area contributed by atoms with Crippen LogP contribution in [0.3, 0.4) is 0 Å². The van der Waals surface area contributed by atoms with Crippen molar-refractivity contribution in [1.82, 2.24) is 14.5 Å². The van der Waals surface area contributed by atoms with Crippen molar-refractivity contribution >= 4 is 39.1 Å². The first kappa shape index (κ1) is 26.6. The highest BCUT2D eigenvalue weighted by atomic mass is 35.5. The molecule has 2 rings (SSSR count). The number of sulfonamides is 1. The monoisotopic (exact) mass is 499 g/mol. The predicted octanol–water partition coefficient (Wildman–Crippen LogP) is 4.84. The molecule has 0 heterocycles. The van der Waals surface area contributed by atoms with Crippen LogP contribution in [0.25, 0.3) is 0 Å². The van der Waals surface area contributed by atoms with E-state index in [9.17, 15) is 13.2 Å². The van der Waals surface area contributed by atoms with E-state index >= 15 is 0 Å². The SMILES string of the molecule is CCN(CC)[C@@H](CNC(=O)c1ccc(Cl)c(S(=O)(=O)N(CC)CC)c1)c1ccccc1Cl. The first-order valence-corrected chi connectivity index (χ1v) is 13.0. The van der Waals surface area contributed by atoms with Crippen molar-refractivity contribution in [1.29, 1.82) is 0 Å². The van der Waals surface area contributed by atoms with E-state index in [1.807, 2.05) is 24.3 Å². The molecule has 0 aliphatic carbocycles. The summed E-state index contributed by atoms with van der Waals surface area (Å²) in [5, 5.41) is 3.66. The summed E-state index contributed by atoms with van der Waals surface area (Å²) in [6.45, 7) is 10.2. The van der Waals surface area contributed by atoms with Crippen LogP contribution in [0.2, 0.25) is 10.0 Å². The Morgan fingerprint density at radius 3 is 2.12 bits per heavy atom. The fraction of sp³-hybridized carbons (Fsp3) is 0.435. The summed E-state index contributed by atoms with van der Waals surface area (Å²) >= 11 is 12.6. The molecule has 6 nitrogen and oxygen atoms in total. The van der Waals surface area contributed by atoms with Crippen molar-refractivity contribution in [3.8, 4) is 0 Å². The number of hydrogen-bond donors (Lipinski definition) is 1. The van der Waals surface area contributed by atoms with E-state index in [-0.39, 0.29) is 27.4 Å². The van der Waals surface area contributed by atoms with Gasteiger partial charge in [0.25, 0.3) is 5.91 Å². The fourth-order valence-electron chi connectivity index (χ4n) is 3.68. The maximum Gasteiger partial charge on any atom is 0.251 e. The molecule has 0 saturated carbocycles. The molecule has 32 heavy (non-hydrogen) atoms. The summed E-state index contributed by atoms with van der Waals surface area (Å²) in [7, 11) is -3.79. The molecule has 176 valence electrons. The van der Waals surface area contributed by atoms with Gasteiger partial charge in [-0.25, -0.2) is 8.42 Å². The molecule has 0 saturated heterocycles. The Kier molecular flexibility index (Phi) is 9.98. The zero-order chi connectivity index (χ0) is 23.9. The second-order valence-corrected chi connectivity index (χ2v) is 9.92. The molecule has 0 aliphatic rings. The number of benzene rings is 2. The molecular formula is C23H31Cl2N3O3S. The van der Waals surface area contributed by atoms with Crippen molar-refractivity contribution in [2.24, 2.45) is 0 Å². The molecule has 0 fully saturated rings. The number of nitrogens with zero attached hydrogens (tertiary/aromatic N) is 2. The van der Waals surface area contributed by atoms with E-state index in [2.05, 4.69) is 24.1 Å². The highest BCUT2D eigenvalue weighted by Crippen LogP contribution is 2.28. The molecule has 1 atom stereocenters. The van der Waals surface area contributed by atoms with Crippen molar-refractivity contribution < 1.29 is 13.2 Å². The van der Waals surface area contributed by atoms with Crippen LogP contribution in [0.5, 0.6) is 0 Å². The van der Waals surface area contributed by atoms with E-state index in [1.165, 1.54) is 22.5 Å². The number of amides is 1. The fourth-order valence-corrected chi connectivity index (χ4v) is 5.90. The van der Waals surface area contributed by atoms with Crippen molar-refractivity contribution in [2.45, 2.75) is 38.6 Å². The number of hydrogen-bond acceptors (Lipinski definition) is 4. The van der Waals surface area contributed by atoms with Crippen LogP contribution in [-0.4, -0.2) is 56.3 Å². The Morgan fingerprint density at radius 1 is 0.938 bits per heavy atom. The molecule has 1 N–H and O–H groups in total. The molecule has 9 heteroatoms. The van der Waals surface area contributed by atoms with Gasteiger partial charge in [-0.1, -0.05) is 69.1 Å². The molecule has 0 bridgehead atoms. The summed E-state index contributed by atoms with van der Waals surface area (Å²) in [5.41, 5.74) is 1.16. The van der Waals surface area contributed by atoms with Crippen molar-refractivity contribution in [3.63, 3.8) is 0 Å². The third-order valence-electron chi connectivity index (χ3n) is 5.49. The van der Waals surface area contributed by atoms with Gasteiger partial charge in [0, 0.05) is 30.2 Å². The number of carbonyl (C=O) groups is 1. The highest BCUT2D eigenvalue weighted by molar-refractivity contribution is 7.89. The molecule has 2 aromatic rings. The highest BCUT2D eigenvalue weighted by Gasteiger charge is 2.26. The van der Waals surface area contributed by atoms with Crippen molar-refractivity contribution in [2.75, 3.05) is 32.7 Å². The lowest BCUT2D eigenvalue weighted by Crippen LogP contribution is -2.38. The second kappa shape index (κ2) is 12.0. The van der Waals surface area contributed by atoms with Crippen LogP contribution in [0.1, 0.15) is 49.7 Å². The number of nitrogens with one attached hydrogen (secondary N) is 1. The van der Waals surface area contributed by atoms with Gasteiger partial charge < -0.3 is 5.32 Å². The van der Waals surface area contributed by atoms with Gasteiger partial charge in [-0.05, 0) is 42.9 Å². The largest absolute Gasteiger partial charge is 0.350 e. The van der Waals surface area contributed by atoms with Crippen LogP contribution in [0.15, 0.2) is 47.4 Å². The van der Waals surface area contributed by atoms with E-state index < -0.39 is 10.0 Å². The minimum atomic E-state index is -3.79. The van der Waals surface area contributed by atoms with E-state index in [4.69, 9.17) is 23.2 Å². The number of carbonyl (C=O) groups excluding carboxylic acids is 1. The van der Waals surface area contributed by atoms with Gasteiger partial charge in [0.2, 0.25) is 10.0 Å². The molecule has 0 unspecified atom stereocenters. The summed E-state index contributed by atoms with van der Waals surface area (Å²) in [4.78, 5) is 15.1. The van der Waals surface area contributed by atoms with Gasteiger partial charge in [-0.15, -0.1) is 0 Å². The maximum atomic E-state index is 12.9. The Bertz CT molecular complexity index is 1020. The number of halogens is 2. The summed E-state index contributed by atoms with van der Waals surface area (Å²) < 4.78 is 27.2. The standard InChI is InChI=1S/C23H31Cl2N3O3S/c1-5-27(6-2)21(18-11-9-10-12-19(18)24)16-26-23(29)17-13-14-20(25)22(15-17)32(30,31)28(7-3)8-4/h9-15,21H,5-8,16H2,1-4H3,(H,26,29)/t21-/m0/s1. The van der Waals surface area contributed by atoms with Crippen LogP contribution in [0.4, 0.5) is 0 Å². The molecule has 0 aromatic heterocycles. The van der Waals surface area contributed by atoms with Crippen LogP contribution in [-0.2, 0) is 10.0 Å². The maximum absolute atomic E-state index is 12.9. The smallest absolute Gasteiger partial charge is 0.251 e. The summed E-state index contributed by atoms with van der Waals surface area (Å²) in [5.74, 6) is -0.373. The molecule has 0 spiro atoms. The molecule has 0 aliphatic heterocycles. The Hall–Kier alpha value is -1.64. The topological polar surface area (TPSA) is 69.7 Å². The number of likely N-dealkylation sites (N-methyl/N-ethyl adjacent to an activating group) is 1. The molecule has 1 amide bonds. The third-order valence-corrected chi connectivity index (χ3v) is 8.37. The average molecular weight is 500 g/mol. The van der Waals surface area contributed by atoms with Gasteiger partial charge >= 0.3 is 0 Å². The summed E-state index contributed by atoms with van der Waals surface area (Å²) in [6, 6.07) is 11.8. The normalized spacial score (nSPS) is 12.9. The summed E-state index contributed by atoms with van der Waals surface area (Å²) in [6.07, 6.45) is 0. The average Bonchev–Trinajstić information content (AvgIpc) is 2.78. The lowest BCUT2D eigenvalue weighted by atomic mass is 10.0. The van der Waals surface area contributed by atoms with Gasteiger partial charge in [0.05, 0.1) is 11.1 Å². The zero-order valence-electron chi connectivity index (χ0n) is 18.9. The minimum Gasteiger partial charge on any atom is -0.350 e. The van der Waals surface area contributed by atoms with Gasteiger partial charge in [-0.2, -0.15) is 4.31 Å². The van der Waals surface area contributed by atoms with Crippen LogP contribution in [0, 0.1) is 0 Å². The molecule has 2 aromatic carbocycles. The van der Waals surface area contributed by atoms with E-state index in [0.29, 0.717) is 24.7 Å². The first-order valence-electron chi connectivity index (χ1n) is 10.8. The lowest BCUT2D eigenvalue weighted by Gasteiger charge is -2.31. The van der Waals surface area contributed by atoms with E-state index in [0.717, 1.165) is 18.7 Å². The van der Waals surface area contributed by atoms with Gasteiger partial charge in [-0.3, -0.25) is 9.69 Å². The zero-order valence-corrected chi connectivity index (χ0v) is 21.3. The van der Waals surface area contributed by atoms with Crippen LogP contribution < -0.4 is 5.32 Å². The van der Waals surface area contributed by atoms with Gasteiger partial charge in [0.1, 0.15) is 4.90 Å². The Balaban J connectivity index is 2.31. The second-order valence-electron chi connectivity index (χ2n) is 7.20. The van der Waals surface area contributed by atoms with Crippen LogP contribution >= 0.6 is 23.2 Å². The van der Waals surface area contributed by atoms with E-state index in [1.54, 1.807) is 13.8 Å². The minimum absolute atomic E-state index is 0.0677. The number of rotatable bonds is 11. The molecular weight excluding hydrogens is 469 g/mol. The third kappa shape index (κ3) is 6.02. The lowest BCUT2D eigenvalue weighted by molar-refractivity contribution is 0.0934. The predicted molar refractivity (Wildman–Crippen MR) is 131 cm³/mol. The Labute approximate surface area is 201 Å². The first-order chi connectivity index (χ1) is 15.2. The quantitative estimate of drug-likeness (QED) is 0.480.